The molecule has 1 aromatic carbocycles. The molecule has 0 spiro atoms. The van der Waals surface area contributed by atoms with E-state index in [0.717, 1.165) is 58.7 Å². The number of carbonyl (C=O) groups is 1. The molecule has 0 unspecified atom stereocenters. The maximum atomic E-state index is 12.4. The first-order chi connectivity index (χ1) is 12.1. The van der Waals surface area contributed by atoms with Crippen molar-refractivity contribution in [1.82, 2.24) is 9.80 Å². The second-order valence-corrected chi connectivity index (χ2v) is 7.37. The zero-order valence-electron chi connectivity index (χ0n) is 15.3. The molecule has 0 bridgehead atoms. The van der Waals surface area contributed by atoms with Crippen molar-refractivity contribution >= 4 is 11.6 Å². The van der Waals surface area contributed by atoms with Crippen LogP contribution in [0.15, 0.2) is 30.3 Å². The standard InChI is InChI=1S/C20H31N3O2/c1-17(24)18-7-11-23(12-8-18)20(25)9-10-21-13-15-22(16-14-21)19-5-3-2-4-6-19/h2-6,17-18,24H,7-16H2,1H3/t17-/m0/s1. The van der Waals surface area contributed by atoms with Gasteiger partial charge in [-0.15, -0.1) is 0 Å². The average Bonchev–Trinajstić information content (AvgIpc) is 2.67. The van der Waals surface area contributed by atoms with E-state index in [1.54, 1.807) is 0 Å². The Bertz CT molecular complexity index is 533. The van der Waals surface area contributed by atoms with Crippen molar-refractivity contribution in [2.24, 2.45) is 5.92 Å². The van der Waals surface area contributed by atoms with E-state index in [1.807, 2.05) is 11.8 Å². The second kappa shape index (κ2) is 8.68. The fraction of sp³-hybridized carbons (Fsp3) is 0.650. The normalized spacial score (nSPS) is 21.4. The molecule has 1 amide bonds. The number of amides is 1. The Morgan fingerprint density at radius 3 is 2.32 bits per heavy atom. The van der Waals surface area contributed by atoms with Crippen LogP contribution in [0.25, 0.3) is 0 Å². The van der Waals surface area contributed by atoms with Gasteiger partial charge in [0.25, 0.3) is 0 Å². The lowest BCUT2D eigenvalue weighted by atomic mass is 9.92. The van der Waals surface area contributed by atoms with Crippen LogP contribution < -0.4 is 4.90 Å². The van der Waals surface area contributed by atoms with E-state index in [0.29, 0.717) is 12.3 Å². The summed E-state index contributed by atoms with van der Waals surface area (Å²) in [7, 11) is 0. The Morgan fingerprint density at radius 2 is 1.72 bits per heavy atom. The molecule has 2 saturated heterocycles. The lowest BCUT2D eigenvalue weighted by molar-refractivity contribution is -0.133. The number of nitrogens with zero attached hydrogens (tertiary/aromatic N) is 3. The highest BCUT2D eigenvalue weighted by Gasteiger charge is 2.26. The number of benzene rings is 1. The topological polar surface area (TPSA) is 47.0 Å². The zero-order valence-corrected chi connectivity index (χ0v) is 15.3. The highest BCUT2D eigenvalue weighted by Crippen LogP contribution is 2.21. The number of rotatable bonds is 5. The van der Waals surface area contributed by atoms with E-state index in [9.17, 15) is 9.90 Å². The summed E-state index contributed by atoms with van der Waals surface area (Å²) in [6, 6.07) is 10.5. The molecule has 0 aromatic heterocycles. The minimum Gasteiger partial charge on any atom is -0.393 e. The molecule has 3 rings (SSSR count). The number of likely N-dealkylation sites (tertiary alicyclic amines) is 1. The molecule has 2 aliphatic rings. The van der Waals surface area contributed by atoms with Crippen LogP contribution in [-0.2, 0) is 4.79 Å². The SMILES string of the molecule is C[C@H](O)C1CCN(C(=O)CCN2CCN(c3ccccc3)CC2)CC1. The highest BCUT2D eigenvalue weighted by atomic mass is 16.3. The van der Waals surface area contributed by atoms with Crippen LogP contribution in [0.1, 0.15) is 26.2 Å². The number of carbonyl (C=O) groups excluding carboxylic acids is 1. The van der Waals surface area contributed by atoms with Crippen molar-refractivity contribution in [3.63, 3.8) is 0 Å². The summed E-state index contributed by atoms with van der Waals surface area (Å²) in [5.41, 5.74) is 1.29. The third-order valence-corrected chi connectivity index (χ3v) is 5.71. The zero-order chi connectivity index (χ0) is 17.6. The molecule has 0 radical (unpaired) electrons. The summed E-state index contributed by atoms with van der Waals surface area (Å²) >= 11 is 0. The van der Waals surface area contributed by atoms with Gasteiger partial charge >= 0.3 is 0 Å². The van der Waals surface area contributed by atoms with Gasteiger partial charge in [0.05, 0.1) is 6.10 Å². The molecule has 25 heavy (non-hydrogen) atoms. The summed E-state index contributed by atoms with van der Waals surface area (Å²) in [6.45, 7) is 8.41. The van der Waals surface area contributed by atoms with Gasteiger partial charge < -0.3 is 14.9 Å². The summed E-state index contributed by atoms with van der Waals surface area (Å²) in [5, 5.41) is 9.67. The van der Waals surface area contributed by atoms with Gasteiger partial charge in [-0.05, 0) is 37.8 Å². The van der Waals surface area contributed by atoms with Crippen LogP contribution in [-0.4, -0.2) is 72.7 Å². The van der Waals surface area contributed by atoms with Crippen molar-refractivity contribution < 1.29 is 9.90 Å². The molecule has 1 aromatic rings. The number of para-hydroxylation sites is 1. The van der Waals surface area contributed by atoms with Crippen molar-refractivity contribution in [2.75, 3.05) is 50.7 Å². The van der Waals surface area contributed by atoms with Gasteiger partial charge in [0.2, 0.25) is 5.91 Å². The number of hydrogen-bond acceptors (Lipinski definition) is 4. The molecule has 2 fully saturated rings. The molecule has 5 heteroatoms. The van der Waals surface area contributed by atoms with E-state index in [-0.39, 0.29) is 12.0 Å². The number of aliphatic hydroxyl groups is 1. The van der Waals surface area contributed by atoms with Crippen LogP contribution in [0.5, 0.6) is 0 Å². The lowest BCUT2D eigenvalue weighted by Gasteiger charge is -2.37. The molecule has 1 N–H and O–H groups in total. The largest absolute Gasteiger partial charge is 0.393 e. The molecule has 2 aliphatic heterocycles. The van der Waals surface area contributed by atoms with Crippen molar-refractivity contribution in [2.45, 2.75) is 32.3 Å². The average molecular weight is 345 g/mol. The van der Waals surface area contributed by atoms with E-state index < -0.39 is 0 Å². The monoisotopic (exact) mass is 345 g/mol. The van der Waals surface area contributed by atoms with Crippen LogP contribution in [0.4, 0.5) is 5.69 Å². The Kier molecular flexibility index (Phi) is 6.32. The number of piperidine rings is 1. The molecule has 138 valence electrons. The molecule has 5 nitrogen and oxygen atoms in total. The lowest BCUT2D eigenvalue weighted by Crippen LogP contribution is -2.48. The summed E-state index contributed by atoms with van der Waals surface area (Å²) < 4.78 is 0. The smallest absolute Gasteiger partial charge is 0.223 e. The van der Waals surface area contributed by atoms with Gasteiger partial charge in [0, 0.05) is 57.9 Å². The van der Waals surface area contributed by atoms with E-state index >= 15 is 0 Å². The Hall–Kier alpha value is -1.59. The van der Waals surface area contributed by atoms with Gasteiger partial charge in [0.15, 0.2) is 0 Å². The maximum absolute atomic E-state index is 12.4. The van der Waals surface area contributed by atoms with Crippen molar-refractivity contribution in [3.8, 4) is 0 Å². The highest BCUT2D eigenvalue weighted by molar-refractivity contribution is 5.76. The molecular weight excluding hydrogens is 314 g/mol. The first-order valence-corrected chi connectivity index (χ1v) is 9.61. The van der Waals surface area contributed by atoms with E-state index in [1.165, 1.54) is 5.69 Å². The van der Waals surface area contributed by atoms with Gasteiger partial charge in [-0.1, -0.05) is 18.2 Å². The van der Waals surface area contributed by atoms with Crippen LogP contribution in [0.3, 0.4) is 0 Å². The summed E-state index contributed by atoms with van der Waals surface area (Å²) in [4.78, 5) is 19.2. The fourth-order valence-corrected chi connectivity index (χ4v) is 3.91. The van der Waals surface area contributed by atoms with Gasteiger partial charge in [-0.3, -0.25) is 9.69 Å². The second-order valence-electron chi connectivity index (χ2n) is 7.37. The quantitative estimate of drug-likeness (QED) is 0.884. The van der Waals surface area contributed by atoms with Gasteiger partial charge in [-0.2, -0.15) is 0 Å². The molecular formula is C20H31N3O2. The van der Waals surface area contributed by atoms with E-state index in [4.69, 9.17) is 0 Å². The van der Waals surface area contributed by atoms with Gasteiger partial charge in [0.1, 0.15) is 0 Å². The minimum atomic E-state index is -0.252. The third kappa shape index (κ3) is 4.95. The van der Waals surface area contributed by atoms with Gasteiger partial charge in [-0.25, -0.2) is 0 Å². The first-order valence-electron chi connectivity index (χ1n) is 9.61. The minimum absolute atomic E-state index is 0.252. The fourth-order valence-electron chi connectivity index (χ4n) is 3.91. The number of piperazine rings is 1. The predicted molar refractivity (Wildman–Crippen MR) is 101 cm³/mol. The Balaban J connectivity index is 1.36. The number of anilines is 1. The molecule has 2 heterocycles. The first kappa shape index (κ1) is 18.2. The molecule has 0 aliphatic carbocycles. The van der Waals surface area contributed by atoms with E-state index in [2.05, 4.69) is 40.1 Å². The van der Waals surface area contributed by atoms with Crippen LogP contribution in [0, 0.1) is 5.92 Å². The number of aliphatic hydroxyl groups excluding tert-OH is 1. The third-order valence-electron chi connectivity index (χ3n) is 5.71. The predicted octanol–water partition coefficient (Wildman–Crippen LogP) is 1.82. The van der Waals surface area contributed by atoms with Crippen molar-refractivity contribution in [3.05, 3.63) is 30.3 Å². The summed E-state index contributed by atoms with van der Waals surface area (Å²) in [6.07, 6.45) is 2.22. The van der Waals surface area contributed by atoms with Crippen LogP contribution in [0.2, 0.25) is 0 Å². The van der Waals surface area contributed by atoms with Crippen LogP contribution >= 0.6 is 0 Å². The summed E-state index contributed by atoms with van der Waals surface area (Å²) in [5.74, 6) is 0.629. The Morgan fingerprint density at radius 1 is 1.08 bits per heavy atom. The Labute approximate surface area is 151 Å². The molecule has 0 saturated carbocycles. The van der Waals surface area contributed by atoms with Crippen molar-refractivity contribution in [1.29, 1.82) is 0 Å². The number of hydrogen-bond donors (Lipinski definition) is 1. The maximum Gasteiger partial charge on any atom is 0.223 e. The molecule has 1 atom stereocenters.